The van der Waals surface area contributed by atoms with Crippen LogP contribution in [-0.4, -0.2) is 47.2 Å². The van der Waals surface area contributed by atoms with Gasteiger partial charge < -0.3 is 9.80 Å². The van der Waals surface area contributed by atoms with Crippen LogP contribution in [0.2, 0.25) is 0 Å². The van der Waals surface area contributed by atoms with E-state index in [0.29, 0.717) is 11.8 Å². The van der Waals surface area contributed by atoms with Crippen molar-refractivity contribution in [3.8, 4) is 0 Å². The smallest absolute Gasteiger partial charge is 0.226 e. The van der Waals surface area contributed by atoms with E-state index in [0.717, 1.165) is 44.8 Å². The molecule has 1 aliphatic carbocycles. The van der Waals surface area contributed by atoms with Gasteiger partial charge in [-0.25, -0.2) is 0 Å². The van der Waals surface area contributed by atoms with Gasteiger partial charge in [-0.3, -0.25) is 4.79 Å². The molecule has 0 aromatic carbocycles. The van der Waals surface area contributed by atoms with Crippen LogP contribution in [-0.2, 0) is 4.79 Å². The Bertz CT molecular complexity index is 717. The third-order valence-electron chi connectivity index (χ3n) is 4.92. The molecule has 1 saturated heterocycles. The van der Waals surface area contributed by atoms with E-state index in [1.807, 2.05) is 23.5 Å². The van der Waals surface area contributed by atoms with Gasteiger partial charge in [0.05, 0.1) is 0 Å². The lowest BCUT2D eigenvalue weighted by molar-refractivity contribution is -0.132. The first kappa shape index (κ1) is 15.6. The lowest BCUT2D eigenvalue weighted by atomic mass is 10.2. The Kier molecular flexibility index (Phi) is 4.22. The Balaban J connectivity index is 1.37. The van der Waals surface area contributed by atoms with Crippen molar-refractivity contribution in [1.82, 2.24) is 15.1 Å². The Labute approximate surface area is 146 Å². The molecule has 1 aliphatic heterocycles. The fraction of sp³-hybridized carbons (Fsp3) is 0.500. The highest BCUT2D eigenvalue weighted by Gasteiger charge is 2.46. The zero-order valence-electron chi connectivity index (χ0n) is 13.9. The molecule has 4 rings (SSSR count). The number of nitrogens with zero attached hydrogens (tertiary/aromatic N) is 4. The summed E-state index contributed by atoms with van der Waals surface area (Å²) in [5, 5.41) is 8.15. The van der Waals surface area contributed by atoms with E-state index in [1.165, 1.54) is 9.75 Å². The van der Waals surface area contributed by atoms with Crippen LogP contribution in [0.5, 0.6) is 0 Å². The Morgan fingerprint density at radius 3 is 2.88 bits per heavy atom. The van der Waals surface area contributed by atoms with Crippen molar-refractivity contribution in [2.45, 2.75) is 25.7 Å². The van der Waals surface area contributed by atoms with Crippen molar-refractivity contribution < 1.29 is 4.79 Å². The van der Waals surface area contributed by atoms with Gasteiger partial charge in [-0.05, 0) is 44.0 Å². The lowest BCUT2D eigenvalue weighted by Gasteiger charge is -2.22. The van der Waals surface area contributed by atoms with Crippen LogP contribution in [0, 0.1) is 12.8 Å². The van der Waals surface area contributed by atoms with E-state index < -0.39 is 0 Å². The molecule has 6 heteroatoms. The maximum Gasteiger partial charge on any atom is 0.226 e. The van der Waals surface area contributed by atoms with E-state index in [-0.39, 0.29) is 5.92 Å². The molecule has 2 aliphatic rings. The van der Waals surface area contributed by atoms with Crippen LogP contribution in [0.4, 0.5) is 5.82 Å². The maximum atomic E-state index is 12.8. The molecule has 24 heavy (non-hydrogen) atoms. The predicted octanol–water partition coefficient (Wildman–Crippen LogP) is 2.69. The largest absolute Gasteiger partial charge is 0.353 e. The molecule has 0 spiro atoms. The first-order valence-corrected chi connectivity index (χ1v) is 9.42. The minimum atomic E-state index is 0.200. The highest BCUT2D eigenvalue weighted by molar-refractivity contribution is 7.12. The standard InChI is InChI=1S/C18H22N4OS/c1-13-5-6-16(24-13)14-12-15(14)18(23)22-9-3-8-21(10-11-22)17-4-2-7-19-20-17/h2,4-7,14-15H,3,8-12H2,1H3/t14-,15+/m1/s1. The molecule has 126 valence electrons. The third-order valence-corrected chi connectivity index (χ3v) is 6.06. The minimum absolute atomic E-state index is 0.200. The number of aromatic nitrogens is 2. The van der Waals surface area contributed by atoms with Gasteiger partial charge in [0.2, 0.25) is 5.91 Å². The van der Waals surface area contributed by atoms with Crippen LogP contribution < -0.4 is 4.90 Å². The zero-order chi connectivity index (χ0) is 16.5. The van der Waals surface area contributed by atoms with Gasteiger partial charge in [0.15, 0.2) is 5.82 Å². The van der Waals surface area contributed by atoms with Crippen molar-refractivity contribution in [3.63, 3.8) is 0 Å². The molecule has 0 unspecified atom stereocenters. The van der Waals surface area contributed by atoms with Crippen LogP contribution in [0.1, 0.15) is 28.5 Å². The van der Waals surface area contributed by atoms with E-state index in [2.05, 4.69) is 39.1 Å². The summed E-state index contributed by atoms with van der Waals surface area (Å²) in [6, 6.07) is 8.25. The fourth-order valence-electron chi connectivity index (χ4n) is 3.50. The number of thiophene rings is 1. The molecule has 5 nitrogen and oxygen atoms in total. The number of rotatable bonds is 3. The molecule has 2 fully saturated rings. The number of hydrogen-bond donors (Lipinski definition) is 0. The van der Waals surface area contributed by atoms with Gasteiger partial charge in [-0.15, -0.1) is 16.4 Å². The number of hydrogen-bond acceptors (Lipinski definition) is 5. The van der Waals surface area contributed by atoms with Crippen molar-refractivity contribution in [3.05, 3.63) is 40.2 Å². The third kappa shape index (κ3) is 3.15. The van der Waals surface area contributed by atoms with Crippen molar-refractivity contribution >= 4 is 23.1 Å². The molecule has 0 bridgehead atoms. The minimum Gasteiger partial charge on any atom is -0.353 e. The van der Waals surface area contributed by atoms with Crippen molar-refractivity contribution in [2.24, 2.45) is 5.92 Å². The van der Waals surface area contributed by atoms with Gasteiger partial charge in [0.25, 0.3) is 0 Å². The summed E-state index contributed by atoms with van der Waals surface area (Å²) < 4.78 is 0. The van der Waals surface area contributed by atoms with Gasteiger partial charge in [0.1, 0.15) is 0 Å². The average Bonchev–Trinajstić information content (AvgIpc) is 3.35. The zero-order valence-corrected chi connectivity index (χ0v) is 14.7. The van der Waals surface area contributed by atoms with Crippen molar-refractivity contribution in [1.29, 1.82) is 0 Å². The second-order valence-electron chi connectivity index (χ2n) is 6.64. The second-order valence-corrected chi connectivity index (χ2v) is 7.96. The van der Waals surface area contributed by atoms with E-state index in [1.54, 1.807) is 6.20 Å². The monoisotopic (exact) mass is 342 g/mol. The molecule has 0 N–H and O–H groups in total. The summed E-state index contributed by atoms with van der Waals surface area (Å²) in [6.07, 6.45) is 3.69. The van der Waals surface area contributed by atoms with Crippen LogP contribution in [0.25, 0.3) is 0 Å². The van der Waals surface area contributed by atoms with Gasteiger partial charge in [-0.2, -0.15) is 5.10 Å². The maximum absolute atomic E-state index is 12.8. The Morgan fingerprint density at radius 2 is 2.12 bits per heavy atom. The number of amides is 1. The highest BCUT2D eigenvalue weighted by atomic mass is 32.1. The predicted molar refractivity (Wildman–Crippen MR) is 95.3 cm³/mol. The summed E-state index contributed by atoms with van der Waals surface area (Å²) in [5.41, 5.74) is 0. The Hall–Kier alpha value is -1.95. The number of carbonyl (C=O) groups is 1. The second kappa shape index (κ2) is 6.51. The molecule has 3 heterocycles. The van der Waals surface area contributed by atoms with Gasteiger partial charge >= 0.3 is 0 Å². The summed E-state index contributed by atoms with van der Waals surface area (Å²) >= 11 is 1.83. The molecular formula is C18H22N4OS. The molecule has 2 aromatic rings. The fourth-order valence-corrected chi connectivity index (χ4v) is 4.55. The van der Waals surface area contributed by atoms with E-state index >= 15 is 0 Å². The molecule has 1 saturated carbocycles. The quantitative estimate of drug-likeness (QED) is 0.860. The first-order chi connectivity index (χ1) is 11.7. The van der Waals surface area contributed by atoms with Crippen LogP contribution in [0.3, 0.4) is 0 Å². The van der Waals surface area contributed by atoms with E-state index in [4.69, 9.17) is 0 Å². The molecule has 2 atom stereocenters. The molecule has 2 aromatic heterocycles. The summed E-state index contributed by atoms with van der Waals surface area (Å²) in [5.74, 6) is 1.90. The van der Waals surface area contributed by atoms with Gasteiger partial charge in [0, 0.05) is 54.0 Å². The summed E-state index contributed by atoms with van der Waals surface area (Å²) in [4.78, 5) is 19.8. The highest BCUT2D eigenvalue weighted by Crippen LogP contribution is 2.50. The summed E-state index contributed by atoms with van der Waals surface area (Å²) in [7, 11) is 0. The SMILES string of the molecule is Cc1ccc([C@@H]2C[C@@H]2C(=O)N2CCCN(c3cccnn3)CC2)s1. The van der Waals surface area contributed by atoms with Gasteiger partial charge in [-0.1, -0.05) is 0 Å². The molecule has 1 amide bonds. The number of carbonyl (C=O) groups excluding carboxylic acids is 1. The number of anilines is 1. The van der Waals surface area contributed by atoms with Crippen molar-refractivity contribution in [2.75, 3.05) is 31.1 Å². The lowest BCUT2D eigenvalue weighted by Crippen LogP contribution is -2.36. The molecular weight excluding hydrogens is 320 g/mol. The normalized spacial score (nSPS) is 23.9. The average molecular weight is 342 g/mol. The molecule has 0 radical (unpaired) electrons. The van der Waals surface area contributed by atoms with Crippen LogP contribution in [0.15, 0.2) is 30.5 Å². The van der Waals surface area contributed by atoms with E-state index in [9.17, 15) is 4.79 Å². The summed E-state index contributed by atoms with van der Waals surface area (Å²) in [6.45, 7) is 5.52. The number of aryl methyl sites for hydroxylation is 1. The van der Waals surface area contributed by atoms with Crippen LogP contribution >= 0.6 is 11.3 Å². The first-order valence-electron chi connectivity index (χ1n) is 8.60. The topological polar surface area (TPSA) is 49.3 Å². The Morgan fingerprint density at radius 1 is 1.21 bits per heavy atom.